The number of nitrogens with zero attached hydrogens (tertiary/aromatic N) is 2. The van der Waals surface area contributed by atoms with E-state index in [1.54, 1.807) is 48.7 Å². The third-order valence-electron chi connectivity index (χ3n) is 2.54. The third kappa shape index (κ3) is 3.69. The molecule has 0 radical (unpaired) electrons. The Morgan fingerprint density at radius 2 is 2.32 bits per heavy atom. The van der Waals surface area contributed by atoms with Crippen molar-refractivity contribution in [3.63, 3.8) is 0 Å². The summed E-state index contributed by atoms with van der Waals surface area (Å²) < 4.78 is 4.96. The van der Waals surface area contributed by atoms with E-state index in [2.05, 4.69) is 10.3 Å². The number of nitrogens with one attached hydrogen (secondary N) is 1. The summed E-state index contributed by atoms with van der Waals surface area (Å²) >= 11 is 1.62. The maximum absolute atomic E-state index is 12.0. The van der Waals surface area contributed by atoms with E-state index in [9.17, 15) is 4.79 Å². The van der Waals surface area contributed by atoms with E-state index in [-0.39, 0.29) is 6.03 Å². The number of aromatic nitrogens is 1. The van der Waals surface area contributed by atoms with Gasteiger partial charge in [0.05, 0.1) is 19.0 Å². The quantitative estimate of drug-likeness (QED) is 0.935. The highest BCUT2D eigenvalue weighted by Crippen LogP contribution is 2.13. The standard InChI is InChI=1S/C13H15N3O2S/c1-16(8-10-5-6-19-9-10)13(17)15-11-3-4-12(18-2)14-7-11/h3-7,9H,8H2,1-2H3,(H,15,17). The Labute approximate surface area is 115 Å². The van der Waals surface area contributed by atoms with Crippen molar-refractivity contribution in [1.82, 2.24) is 9.88 Å². The maximum Gasteiger partial charge on any atom is 0.321 e. The zero-order valence-electron chi connectivity index (χ0n) is 10.8. The number of ether oxygens (including phenoxy) is 1. The minimum absolute atomic E-state index is 0.168. The zero-order chi connectivity index (χ0) is 13.7. The smallest absolute Gasteiger partial charge is 0.321 e. The molecule has 6 heteroatoms. The van der Waals surface area contributed by atoms with Crippen LogP contribution in [0.1, 0.15) is 5.56 Å². The van der Waals surface area contributed by atoms with Crippen LogP contribution in [-0.2, 0) is 6.54 Å². The second-order valence-corrected chi connectivity index (χ2v) is 4.79. The highest BCUT2D eigenvalue weighted by molar-refractivity contribution is 7.07. The van der Waals surface area contributed by atoms with Gasteiger partial charge in [0.1, 0.15) is 0 Å². The summed E-state index contributed by atoms with van der Waals surface area (Å²) in [5.41, 5.74) is 1.76. The van der Waals surface area contributed by atoms with Crippen LogP contribution in [0.2, 0.25) is 0 Å². The minimum Gasteiger partial charge on any atom is -0.481 e. The number of urea groups is 1. The van der Waals surface area contributed by atoms with Gasteiger partial charge in [0.15, 0.2) is 0 Å². The first-order valence-electron chi connectivity index (χ1n) is 5.72. The highest BCUT2D eigenvalue weighted by atomic mass is 32.1. The first-order valence-corrected chi connectivity index (χ1v) is 6.66. The number of thiophene rings is 1. The second kappa shape index (κ2) is 6.19. The van der Waals surface area contributed by atoms with Gasteiger partial charge in [-0.15, -0.1) is 0 Å². The number of carbonyl (C=O) groups excluding carboxylic acids is 1. The summed E-state index contributed by atoms with van der Waals surface area (Å²) in [6, 6.07) is 5.29. The van der Waals surface area contributed by atoms with Crippen LogP contribution in [0.5, 0.6) is 5.88 Å². The molecule has 2 amide bonds. The molecule has 0 aliphatic heterocycles. The predicted molar refractivity (Wildman–Crippen MR) is 75.6 cm³/mol. The summed E-state index contributed by atoms with van der Waals surface area (Å²) in [7, 11) is 3.30. The van der Waals surface area contributed by atoms with E-state index in [0.717, 1.165) is 5.56 Å². The predicted octanol–water partition coefficient (Wildman–Crippen LogP) is 2.82. The van der Waals surface area contributed by atoms with Crippen LogP contribution in [0.3, 0.4) is 0 Å². The average Bonchev–Trinajstić information content (AvgIpc) is 2.92. The Morgan fingerprint density at radius 1 is 1.47 bits per heavy atom. The Morgan fingerprint density at radius 3 is 2.89 bits per heavy atom. The summed E-state index contributed by atoms with van der Waals surface area (Å²) in [6.07, 6.45) is 1.56. The van der Waals surface area contributed by atoms with E-state index >= 15 is 0 Å². The van der Waals surface area contributed by atoms with E-state index in [4.69, 9.17) is 4.74 Å². The Balaban J connectivity index is 1.92. The molecule has 2 rings (SSSR count). The highest BCUT2D eigenvalue weighted by Gasteiger charge is 2.09. The van der Waals surface area contributed by atoms with Crippen molar-refractivity contribution in [1.29, 1.82) is 0 Å². The van der Waals surface area contributed by atoms with Crippen LogP contribution in [0.4, 0.5) is 10.5 Å². The Bertz CT molecular complexity index is 525. The van der Waals surface area contributed by atoms with E-state index < -0.39 is 0 Å². The number of methoxy groups -OCH3 is 1. The number of anilines is 1. The van der Waals surface area contributed by atoms with E-state index in [1.807, 2.05) is 16.8 Å². The van der Waals surface area contributed by atoms with Crippen molar-refractivity contribution < 1.29 is 9.53 Å². The van der Waals surface area contributed by atoms with Gasteiger partial charge in [-0.3, -0.25) is 0 Å². The molecule has 0 atom stereocenters. The van der Waals surface area contributed by atoms with Gasteiger partial charge in [-0.25, -0.2) is 9.78 Å². The molecule has 100 valence electrons. The molecule has 2 heterocycles. The molecular weight excluding hydrogens is 262 g/mol. The molecule has 0 fully saturated rings. The Kier molecular flexibility index (Phi) is 4.35. The summed E-state index contributed by atoms with van der Waals surface area (Å²) in [5, 5.41) is 6.80. The third-order valence-corrected chi connectivity index (χ3v) is 3.28. The van der Waals surface area contributed by atoms with E-state index in [1.165, 1.54) is 0 Å². The van der Waals surface area contributed by atoms with Gasteiger partial charge in [-0.2, -0.15) is 11.3 Å². The van der Waals surface area contributed by atoms with E-state index in [0.29, 0.717) is 18.1 Å². The zero-order valence-corrected chi connectivity index (χ0v) is 11.6. The fourth-order valence-electron chi connectivity index (χ4n) is 1.52. The van der Waals surface area contributed by atoms with Crippen molar-refractivity contribution >= 4 is 23.1 Å². The van der Waals surface area contributed by atoms with Crippen LogP contribution < -0.4 is 10.1 Å². The molecule has 2 aromatic rings. The van der Waals surface area contributed by atoms with Crippen molar-refractivity contribution in [3.05, 3.63) is 40.7 Å². The molecule has 0 unspecified atom stereocenters. The topological polar surface area (TPSA) is 54.5 Å². The van der Waals surface area contributed by atoms with Crippen LogP contribution in [0.15, 0.2) is 35.2 Å². The molecule has 0 spiro atoms. The molecule has 0 aliphatic rings. The molecule has 2 aromatic heterocycles. The fourth-order valence-corrected chi connectivity index (χ4v) is 2.18. The van der Waals surface area contributed by atoms with Crippen LogP contribution >= 0.6 is 11.3 Å². The number of pyridine rings is 1. The monoisotopic (exact) mass is 277 g/mol. The largest absolute Gasteiger partial charge is 0.481 e. The van der Waals surface area contributed by atoms with Crippen molar-refractivity contribution in [2.75, 3.05) is 19.5 Å². The van der Waals surface area contributed by atoms with Gasteiger partial charge in [0.2, 0.25) is 5.88 Å². The molecule has 0 saturated heterocycles. The minimum atomic E-state index is -0.168. The lowest BCUT2D eigenvalue weighted by Crippen LogP contribution is -2.30. The molecule has 0 aliphatic carbocycles. The van der Waals surface area contributed by atoms with Gasteiger partial charge >= 0.3 is 6.03 Å². The summed E-state index contributed by atoms with van der Waals surface area (Å²) in [4.78, 5) is 17.6. The summed E-state index contributed by atoms with van der Waals surface area (Å²) in [5.74, 6) is 0.518. The van der Waals surface area contributed by atoms with Gasteiger partial charge < -0.3 is 15.0 Å². The SMILES string of the molecule is COc1ccc(NC(=O)N(C)Cc2ccsc2)cn1. The molecule has 0 aromatic carbocycles. The lowest BCUT2D eigenvalue weighted by atomic mass is 10.3. The van der Waals surface area contributed by atoms with Gasteiger partial charge in [-0.1, -0.05) is 0 Å². The number of amides is 2. The average molecular weight is 277 g/mol. The van der Waals surface area contributed by atoms with Crippen LogP contribution in [0, 0.1) is 0 Å². The van der Waals surface area contributed by atoms with Crippen molar-refractivity contribution in [3.8, 4) is 5.88 Å². The number of hydrogen-bond acceptors (Lipinski definition) is 4. The molecule has 19 heavy (non-hydrogen) atoms. The van der Waals surface area contributed by atoms with Crippen LogP contribution in [0.25, 0.3) is 0 Å². The molecule has 5 nitrogen and oxygen atoms in total. The summed E-state index contributed by atoms with van der Waals surface area (Å²) in [6.45, 7) is 0.582. The molecule has 0 saturated carbocycles. The number of hydrogen-bond donors (Lipinski definition) is 1. The van der Waals surface area contributed by atoms with Crippen molar-refractivity contribution in [2.45, 2.75) is 6.54 Å². The maximum atomic E-state index is 12.0. The van der Waals surface area contributed by atoms with Gasteiger partial charge in [0.25, 0.3) is 0 Å². The van der Waals surface area contributed by atoms with Crippen LogP contribution in [-0.4, -0.2) is 30.1 Å². The van der Waals surface area contributed by atoms with Gasteiger partial charge in [0, 0.05) is 19.7 Å². The first kappa shape index (κ1) is 13.4. The molecular formula is C13H15N3O2S. The first-order chi connectivity index (χ1) is 9.19. The Hall–Kier alpha value is -2.08. The van der Waals surface area contributed by atoms with Gasteiger partial charge in [-0.05, 0) is 28.5 Å². The van der Waals surface area contributed by atoms with Crippen molar-refractivity contribution in [2.24, 2.45) is 0 Å². The number of rotatable bonds is 4. The lowest BCUT2D eigenvalue weighted by molar-refractivity contribution is 0.220. The fraction of sp³-hybridized carbons (Fsp3) is 0.231. The second-order valence-electron chi connectivity index (χ2n) is 4.01. The molecule has 0 bridgehead atoms. The normalized spacial score (nSPS) is 10.0. The molecule has 1 N–H and O–H groups in total. The number of carbonyl (C=O) groups is 1. The lowest BCUT2D eigenvalue weighted by Gasteiger charge is -2.17.